The smallest absolute Gasteiger partial charge is 0.243 e. The Bertz CT molecular complexity index is 443. The molecule has 0 atom stereocenters. The first-order valence-electron chi connectivity index (χ1n) is 6.19. The van der Waals surface area contributed by atoms with E-state index < -0.39 is 0 Å². The van der Waals surface area contributed by atoms with Crippen LogP contribution in [0.1, 0.15) is 20.8 Å². The molecule has 1 N–H and O–H groups in total. The van der Waals surface area contributed by atoms with E-state index in [1.807, 2.05) is 13.8 Å². The van der Waals surface area contributed by atoms with E-state index in [1.54, 1.807) is 24.3 Å². The minimum Gasteiger partial charge on any atom is -0.333 e. The number of anilines is 1. The zero-order chi connectivity index (χ0) is 14.4. The number of hydrogen-bond donors (Lipinski definition) is 1. The molecule has 104 valence electrons. The summed E-state index contributed by atoms with van der Waals surface area (Å²) in [5, 5.41) is 3.35. The Hall–Kier alpha value is -1.55. The van der Waals surface area contributed by atoms with Crippen molar-refractivity contribution < 1.29 is 9.59 Å². The standard InChI is InChI=1S/C14H19ClN2O2/c1-10(2)8-17(11(3)18)9-14(19)16-13-6-4-12(15)5-7-13/h4-7,10H,8-9H2,1-3H3,(H,16,19). The highest BCUT2D eigenvalue weighted by Gasteiger charge is 2.14. The van der Waals surface area contributed by atoms with Gasteiger partial charge in [0.25, 0.3) is 0 Å². The van der Waals surface area contributed by atoms with Crippen LogP contribution >= 0.6 is 11.6 Å². The predicted molar refractivity (Wildman–Crippen MR) is 77.2 cm³/mol. The molecule has 1 rings (SSSR count). The molecular formula is C14H19ClN2O2. The van der Waals surface area contributed by atoms with Crippen LogP contribution in [0.25, 0.3) is 0 Å². The highest BCUT2D eigenvalue weighted by atomic mass is 35.5. The lowest BCUT2D eigenvalue weighted by Crippen LogP contribution is -2.38. The van der Waals surface area contributed by atoms with Crippen LogP contribution in [-0.2, 0) is 9.59 Å². The van der Waals surface area contributed by atoms with Gasteiger partial charge >= 0.3 is 0 Å². The number of halogens is 1. The molecule has 0 aliphatic heterocycles. The van der Waals surface area contributed by atoms with E-state index in [0.717, 1.165) is 0 Å². The first-order valence-corrected chi connectivity index (χ1v) is 6.57. The van der Waals surface area contributed by atoms with Crippen molar-refractivity contribution >= 4 is 29.1 Å². The van der Waals surface area contributed by atoms with Gasteiger partial charge in [-0.05, 0) is 30.2 Å². The molecule has 0 fully saturated rings. The van der Waals surface area contributed by atoms with E-state index in [-0.39, 0.29) is 18.4 Å². The van der Waals surface area contributed by atoms with Gasteiger partial charge in [0.2, 0.25) is 11.8 Å². The second-order valence-electron chi connectivity index (χ2n) is 4.85. The molecule has 0 spiro atoms. The SMILES string of the molecule is CC(=O)N(CC(=O)Nc1ccc(Cl)cc1)CC(C)C. The molecule has 0 aliphatic rings. The first-order chi connectivity index (χ1) is 8.88. The van der Waals surface area contributed by atoms with Gasteiger partial charge in [-0.2, -0.15) is 0 Å². The highest BCUT2D eigenvalue weighted by molar-refractivity contribution is 6.30. The summed E-state index contributed by atoms with van der Waals surface area (Å²) in [6.45, 7) is 6.12. The zero-order valence-corrected chi connectivity index (χ0v) is 12.2. The summed E-state index contributed by atoms with van der Waals surface area (Å²) in [6.07, 6.45) is 0. The van der Waals surface area contributed by atoms with E-state index in [1.165, 1.54) is 11.8 Å². The van der Waals surface area contributed by atoms with Crippen molar-refractivity contribution in [2.24, 2.45) is 5.92 Å². The van der Waals surface area contributed by atoms with Gasteiger partial charge in [0.05, 0.1) is 6.54 Å². The molecule has 0 bridgehead atoms. The van der Waals surface area contributed by atoms with E-state index in [0.29, 0.717) is 23.2 Å². The largest absolute Gasteiger partial charge is 0.333 e. The van der Waals surface area contributed by atoms with Crippen molar-refractivity contribution in [3.05, 3.63) is 29.3 Å². The molecule has 0 saturated carbocycles. The van der Waals surface area contributed by atoms with Gasteiger partial charge in [0.1, 0.15) is 0 Å². The van der Waals surface area contributed by atoms with Crippen molar-refractivity contribution in [2.75, 3.05) is 18.4 Å². The number of nitrogens with zero attached hydrogens (tertiary/aromatic N) is 1. The third-order valence-electron chi connectivity index (χ3n) is 2.49. The summed E-state index contributed by atoms with van der Waals surface area (Å²) in [5.41, 5.74) is 0.669. The van der Waals surface area contributed by atoms with E-state index in [4.69, 9.17) is 11.6 Å². The summed E-state index contributed by atoms with van der Waals surface area (Å²) in [5.74, 6) is 0.0189. The topological polar surface area (TPSA) is 49.4 Å². The quantitative estimate of drug-likeness (QED) is 0.903. The molecule has 19 heavy (non-hydrogen) atoms. The lowest BCUT2D eigenvalue weighted by Gasteiger charge is -2.22. The van der Waals surface area contributed by atoms with Crippen LogP contribution in [0.15, 0.2) is 24.3 Å². The maximum absolute atomic E-state index is 11.9. The molecular weight excluding hydrogens is 264 g/mol. The number of amides is 2. The second-order valence-corrected chi connectivity index (χ2v) is 5.28. The van der Waals surface area contributed by atoms with Crippen LogP contribution in [0.3, 0.4) is 0 Å². The minimum atomic E-state index is -0.210. The van der Waals surface area contributed by atoms with Crippen molar-refractivity contribution in [3.63, 3.8) is 0 Å². The maximum atomic E-state index is 11.9. The molecule has 2 amide bonds. The van der Waals surface area contributed by atoms with E-state index in [9.17, 15) is 9.59 Å². The van der Waals surface area contributed by atoms with Gasteiger partial charge in [0.15, 0.2) is 0 Å². The average Bonchev–Trinajstić information content (AvgIpc) is 2.30. The second kappa shape index (κ2) is 7.14. The Balaban J connectivity index is 2.57. The molecule has 0 unspecified atom stereocenters. The summed E-state index contributed by atoms with van der Waals surface area (Å²) < 4.78 is 0. The molecule has 0 aromatic heterocycles. The number of carbonyl (C=O) groups excluding carboxylic acids is 2. The van der Waals surface area contributed by atoms with Crippen molar-refractivity contribution in [3.8, 4) is 0 Å². The molecule has 0 saturated heterocycles. The normalized spacial score (nSPS) is 10.4. The number of benzene rings is 1. The van der Waals surface area contributed by atoms with Crippen LogP contribution in [0.5, 0.6) is 0 Å². The Kier molecular flexibility index (Phi) is 5.83. The molecule has 0 heterocycles. The fourth-order valence-corrected chi connectivity index (χ4v) is 1.78. The molecule has 1 aromatic carbocycles. The summed E-state index contributed by atoms with van der Waals surface area (Å²) >= 11 is 5.77. The highest BCUT2D eigenvalue weighted by Crippen LogP contribution is 2.13. The number of nitrogens with one attached hydrogen (secondary N) is 1. The summed E-state index contributed by atoms with van der Waals surface area (Å²) in [6, 6.07) is 6.85. The van der Waals surface area contributed by atoms with Crippen LogP contribution in [0, 0.1) is 5.92 Å². The maximum Gasteiger partial charge on any atom is 0.243 e. The van der Waals surface area contributed by atoms with Crippen LogP contribution in [0.2, 0.25) is 5.02 Å². The third kappa shape index (κ3) is 5.75. The molecule has 4 nitrogen and oxygen atoms in total. The minimum absolute atomic E-state index is 0.0656. The van der Waals surface area contributed by atoms with Gasteiger partial charge in [-0.3, -0.25) is 9.59 Å². The lowest BCUT2D eigenvalue weighted by atomic mass is 10.2. The molecule has 1 aromatic rings. The van der Waals surface area contributed by atoms with Gasteiger partial charge in [0, 0.05) is 24.2 Å². The van der Waals surface area contributed by atoms with Crippen molar-refractivity contribution in [1.29, 1.82) is 0 Å². The molecule has 0 aliphatic carbocycles. The Labute approximate surface area is 118 Å². The van der Waals surface area contributed by atoms with Crippen molar-refractivity contribution in [2.45, 2.75) is 20.8 Å². The molecule has 5 heteroatoms. The Morgan fingerprint density at radius 1 is 1.26 bits per heavy atom. The Morgan fingerprint density at radius 2 is 1.84 bits per heavy atom. The zero-order valence-electron chi connectivity index (χ0n) is 11.4. The van der Waals surface area contributed by atoms with Gasteiger partial charge in [-0.25, -0.2) is 0 Å². The first kappa shape index (κ1) is 15.5. The monoisotopic (exact) mass is 282 g/mol. The summed E-state index contributed by atoms with van der Waals surface area (Å²) in [7, 11) is 0. The number of rotatable bonds is 5. The number of hydrogen-bond acceptors (Lipinski definition) is 2. The Morgan fingerprint density at radius 3 is 2.32 bits per heavy atom. The predicted octanol–water partition coefficient (Wildman–Crippen LogP) is 2.78. The fraction of sp³-hybridized carbons (Fsp3) is 0.429. The molecule has 0 radical (unpaired) electrons. The van der Waals surface area contributed by atoms with Crippen molar-refractivity contribution in [1.82, 2.24) is 4.90 Å². The van der Waals surface area contributed by atoms with Gasteiger partial charge < -0.3 is 10.2 Å². The third-order valence-corrected chi connectivity index (χ3v) is 2.75. The summed E-state index contributed by atoms with van der Waals surface area (Å²) in [4.78, 5) is 24.8. The van der Waals surface area contributed by atoms with Gasteiger partial charge in [-0.1, -0.05) is 25.4 Å². The van der Waals surface area contributed by atoms with Crippen LogP contribution in [0.4, 0.5) is 5.69 Å². The van der Waals surface area contributed by atoms with Gasteiger partial charge in [-0.15, -0.1) is 0 Å². The van der Waals surface area contributed by atoms with E-state index >= 15 is 0 Å². The van der Waals surface area contributed by atoms with Crippen LogP contribution in [-0.4, -0.2) is 29.8 Å². The van der Waals surface area contributed by atoms with E-state index in [2.05, 4.69) is 5.32 Å². The van der Waals surface area contributed by atoms with Crippen LogP contribution < -0.4 is 5.32 Å². The number of carbonyl (C=O) groups is 2. The lowest BCUT2D eigenvalue weighted by molar-refractivity contribution is -0.133. The fourth-order valence-electron chi connectivity index (χ4n) is 1.65. The average molecular weight is 283 g/mol.